The van der Waals surface area contributed by atoms with Gasteiger partial charge in [0, 0.05) is 45.7 Å². The zero-order chi connectivity index (χ0) is 17.5. The third-order valence-electron chi connectivity index (χ3n) is 5.84. The number of hydrogen-bond donors (Lipinski definition) is 1. The van der Waals surface area contributed by atoms with E-state index in [9.17, 15) is 4.79 Å². The lowest BCUT2D eigenvalue weighted by atomic mass is 10.0. The van der Waals surface area contributed by atoms with Gasteiger partial charge in [0.1, 0.15) is 0 Å². The normalized spacial score (nSPS) is 20.0. The van der Waals surface area contributed by atoms with Crippen molar-refractivity contribution in [3.8, 4) is 0 Å². The van der Waals surface area contributed by atoms with E-state index in [1.165, 1.54) is 36.8 Å². The summed E-state index contributed by atoms with van der Waals surface area (Å²) in [5, 5.41) is 3.14. The van der Waals surface area contributed by atoms with E-state index in [1.807, 2.05) is 0 Å². The molecule has 0 unspecified atom stereocenters. The Hall–Kier alpha value is -1.39. The van der Waals surface area contributed by atoms with Crippen LogP contribution in [0.15, 0.2) is 24.3 Å². The Labute approximate surface area is 152 Å². The molecule has 1 aromatic carbocycles. The Morgan fingerprint density at radius 3 is 2.48 bits per heavy atom. The first-order valence-electron chi connectivity index (χ1n) is 9.95. The van der Waals surface area contributed by atoms with Crippen LogP contribution in [-0.4, -0.2) is 48.9 Å². The minimum atomic E-state index is 0.210. The smallest absolute Gasteiger partial charge is 0.220 e. The third kappa shape index (κ3) is 5.82. The van der Waals surface area contributed by atoms with Crippen molar-refractivity contribution in [2.75, 3.05) is 33.2 Å². The lowest BCUT2D eigenvalue weighted by molar-refractivity contribution is -0.121. The Bertz CT molecular complexity index is 546. The van der Waals surface area contributed by atoms with Gasteiger partial charge in [0.2, 0.25) is 5.91 Å². The van der Waals surface area contributed by atoms with Crippen molar-refractivity contribution in [3.05, 3.63) is 35.4 Å². The molecule has 25 heavy (non-hydrogen) atoms. The Morgan fingerprint density at radius 1 is 1.08 bits per heavy atom. The lowest BCUT2D eigenvalue weighted by Crippen LogP contribution is -2.44. The summed E-state index contributed by atoms with van der Waals surface area (Å²) in [6.07, 6.45) is 7.10. The van der Waals surface area contributed by atoms with Crippen LogP contribution in [0.2, 0.25) is 0 Å². The largest absolute Gasteiger partial charge is 0.352 e. The molecule has 3 rings (SSSR count). The fourth-order valence-electron chi connectivity index (χ4n) is 4.05. The number of hydrogen-bond acceptors (Lipinski definition) is 3. The SMILES string of the molecule is CN1CCN(Cc2ccccc2CNC(=O)CCC2CCCC2)CC1. The van der Waals surface area contributed by atoms with Gasteiger partial charge < -0.3 is 10.2 Å². The first-order chi connectivity index (χ1) is 12.2. The van der Waals surface area contributed by atoms with Crippen LogP contribution in [0.4, 0.5) is 0 Å². The van der Waals surface area contributed by atoms with Gasteiger partial charge in [-0.2, -0.15) is 0 Å². The highest BCUT2D eigenvalue weighted by Crippen LogP contribution is 2.28. The second kappa shape index (κ2) is 9.35. The number of carbonyl (C=O) groups is 1. The maximum atomic E-state index is 12.2. The Balaban J connectivity index is 1.46. The van der Waals surface area contributed by atoms with Crippen molar-refractivity contribution in [2.45, 2.75) is 51.6 Å². The first kappa shape index (κ1) is 18.4. The molecule has 1 aliphatic heterocycles. The van der Waals surface area contributed by atoms with Crippen molar-refractivity contribution in [3.63, 3.8) is 0 Å². The molecule has 4 nitrogen and oxygen atoms in total. The van der Waals surface area contributed by atoms with Gasteiger partial charge in [-0.3, -0.25) is 9.69 Å². The topological polar surface area (TPSA) is 35.6 Å². The summed E-state index contributed by atoms with van der Waals surface area (Å²) in [4.78, 5) is 17.1. The average Bonchev–Trinajstić information content (AvgIpc) is 3.15. The molecule has 2 fully saturated rings. The zero-order valence-corrected chi connectivity index (χ0v) is 15.7. The number of amides is 1. The van der Waals surface area contributed by atoms with Crippen molar-refractivity contribution in [1.29, 1.82) is 0 Å². The molecule has 1 amide bonds. The summed E-state index contributed by atoms with van der Waals surface area (Å²) < 4.78 is 0. The van der Waals surface area contributed by atoms with E-state index in [1.54, 1.807) is 0 Å². The number of nitrogens with zero attached hydrogens (tertiary/aromatic N) is 2. The molecule has 0 aromatic heterocycles. The summed E-state index contributed by atoms with van der Waals surface area (Å²) >= 11 is 0. The maximum absolute atomic E-state index is 12.2. The molecule has 1 aliphatic carbocycles. The molecule has 1 heterocycles. The van der Waals surface area contributed by atoms with Gasteiger partial charge in [-0.1, -0.05) is 49.9 Å². The van der Waals surface area contributed by atoms with Crippen LogP contribution in [0.3, 0.4) is 0 Å². The molecule has 138 valence electrons. The molecule has 0 bridgehead atoms. The molecular formula is C21H33N3O. The van der Waals surface area contributed by atoms with Gasteiger partial charge in [-0.05, 0) is 30.5 Å². The molecule has 0 spiro atoms. The molecule has 1 saturated heterocycles. The highest BCUT2D eigenvalue weighted by Gasteiger charge is 2.17. The van der Waals surface area contributed by atoms with Crippen molar-refractivity contribution in [2.24, 2.45) is 5.92 Å². The number of carbonyl (C=O) groups excluding carboxylic acids is 1. The summed E-state index contributed by atoms with van der Waals surface area (Å²) in [7, 11) is 2.19. The number of rotatable bonds is 7. The number of likely N-dealkylation sites (N-methyl/N-ethyl adjacent to an activating group) is 1. The number of nitrogens with one attached hydrogen (secondary N) is 1. The predicted molar refractivity (Wildman–Crippen MR) is 102 cm³/mol. The van der Waals surface area contributed by atoms with Gasteiger partial charge >= 0.3 is 0 Å². The van der Waals surface area contributed by atoms with E-state index in [0.717, 1.165) is 45.1 Å². The summed E-state index contributed by atoms with van der Waals surface area (Å²) in [5.74, 6) is 0.997. The van der Waals surface area contributed by atoms with E-state index in [4.69, 9.17) is 0 Å². The van der Waals surface area contributed by atoms with E-state index >= 15 is 0 Å². The molecule has 1 saturated carbocycles. The molecule has 1 aromatic rings. The molecule has 0 atom stereocenters. The van der Waals surface area contributed by atoms with Gasteiger partial charge in [-0.25, -0.2) is 0 Å². The van der Waals surface area contributed by atoms with Crippen LogP contribution in [-0.2, 0) is 17.9 Å². The minimum Gasteiger partial charge on any atom is -0.352 e. The third-order valence-corrected chi connectivity index (χ3v) is 5.84. The molecule has 4 heteroatoms. The zero-order valence-electron chi connectivity index (χ0n) is 15.7. The standard InChI is InChI=1S/C21H33N3O/c1-23-12-14-24(15-13-23)17-20-9-5-4-8-19(20)16-22-21(25)11-10-18-6-2-3-7-18/h4-5,8-9,18H,2-3,6-7,10-17H2,1H3,(H,22,25). The van der Waals surface area contributed by atoms with Gasteiger partial charge in [0.25, 0.3) is 0 Å². The Morgan fingerprint density at radius 2 is 1.76 bits per heavy atom. The summed E-state index contributed by atoms with van der Waals surface area (Å²) in [6, 6.07) is 8.55. The quantitative estimate of drug-likeness (QED) is 0.827. The summed E-state index contributed by atoms with van der Waals surface area (Å²) in [6.45, 7) is 6.17. The predicted octanol–water partition coefficient (Wildman–Crippen LogP) is 3.02. The van der Waals surface area contributed by atoms with Crippen molar-refractivity contribution in [1.82, 2.24) is 15.1 Å². The Kier molecular flexibility index (Phi) is 6.88. The average molecular weight is 344 g/mol. The van der Waals surface area contributed by atoms with Crippen LogP contribution in [0.25, 0.3) is 0 Å². The lowest BCUT2D eigenvalue weighted by Gasteiger charge is -2.32. The number of piperazine rings is 1. The van der Waals surface area contributed by atoms with Crippen LogP contribution >= 0.6 is 0 Å². The van der Waals surface area contributed by atoms with E-state index in [-0.39, 0.29) is 5.91 Å². The van der Waals surface area contributed by atoms with Gasteiger partial charge in [0.15, 0.2) is 0 Å². The molecular weight excluding hydrogens is 310 g/mol. The van der Waals surface area contributed by atoms with Crippen LogP contribution in [0.1, 0.15) is 49.7 Å². The maximum Gasteiger partial charge on any atom is 0.220 e. The molecule has 0 radical (unpaired) electrons. The fourth-order valence-corrected chi connectivity index (χ4v) is 4.05. The summed E-state index contributed by atoms with van der Waals surface area (Å²) in [5.41, 5.74) is 2.61. The van der Waals surface area contributed by atoms with Crippen molar-refractivity contribution >= 4 is 5.91 Å². The van der Waals surface area contributed by atoms with E-state index in [0.29, 0.717) is 13.0 Å². The highest BCUT2D eigenvalue weighted by atomic mass is 16.1. The van der Waals surface area contributed by atoms with E-state index < -0.39 is 0 Å². The monoisotopic (exact) mass is 343 g/mol. The second-order valence-electron chi connectivity index (χ2n) is 7.81. The van der Waals surface area contributed by atoms with Crippen LogP contribution < -0.4 is 5.32 Å². The van der Waals surface area contributed by atoms with E-state index in [2.05, 4.69) is 46.4 Å². The van der Waals surface area contributed by atoms with Crippen LogP contribution in [0, 0.1) is 5.92 Å². The van der Waals surface area contributed by atoms with Gasteiger partial charge in [-0.15, -0.1) is 0 Å². The van der Waals surface area contributed by atoms with Crippen LogP contribution in [0.5, 0.6) is 0 Å². The number of benzene rings is 1. The van der Waals surface area contributed by atoms with Gasteiger partial charge in [0.05, 0.1) is 0 Å². The second-order valence-corrected chi connectivity index (χ2v) is 7.81. The molecule has 2 aliphatic rings. The minimum absolute atomic E-state index is 0.210. The molecule has 1 N–H and O–H groups in total. The fraction of sp³-hybridized carbons (Fsp3) is 0.667. The highest BCUT2D eigenvalue weighted by molar-refractivity contribution is 5.75. The first-order valence-corrected chi connectivity index (χ1v) is 9.95. The van der Waals surface area contributed by atoms with Crippen molar-refractivity contribution < 1.29 is 4.79 Å².